The molecule has 1 aromatic heterocycles. The molecule has 0 saturated carbocycles. The van der Waals surface area contributed by atoms with Gasteiger partial charge in [0, 0.05) is 39.3 Å². The number of rotatable bonds is 6. The maximum atomic E-state index is 12.1. The van der Waals surface area contributed by atoms with Crippen molar-refractivity contribution >= 4 is 39.9 Å². The summed E-state index contributed by atoms with van der Waals surface area (Å²) < 4.78 is 7.44. The number of aromatic nitrogens is 2. The van der Waals surface area contributed by atoms with Crippen molar-refractivity contribution in [1.82, 2.24) is 15.1 Å². The number of hydrogen-bond acceptors (Lipinski definition) is 3. The van der Waals surface area contributed by atoms with E-state index in [0.717, 1.165) is 50.2 Å². The van der Waals surface area contributed by atoms with Gasteiger partial charge in [0.15, 0.2) is 0 Å². The number of amides is 1. The molecule has 0 aliphatic heterocycles. The SMILES string of the molecule is CNC(=O)c1ccc(C(C)n2nc(-c3cc(Cl)cc(Cl)c3)c(C)c2-c2ccc3cc(OC)ccc3c2)cc1. The maximum absolute atomic E-state index is 12.1. The van der Waals surface area contributed by atoms with Crippen LogP contribution in [0.3, 0.4) is 0 Å². The zero-order valence-corrected chi connectivity index (χ0v) is 23.1. The van der Waals surface area contributed by atoms with Gasteiger partial charge >= 0.3 is 0 Å². The molecule has 192 valence electrons. The number of nitrogens with zero attached hydrogens (tertiary/aromatic N) is 2. The fourth-order valence-electron chi connectivity index (χ4n) is 4.81. The van der Waals surface area contributed by atoms with Crippen LogP contribution >= 0.6 is 23.2 Å². The summed E-state index contributed by atoms with van der Waals surface area (Å²) in [5.41, 5.74) is 6.37. The average Bonchev–Trinajstić information content (AvgIpc) is 3.28. The lowest BCUT2D eigenvalue weighted by atomic mass is 9.99. The number of ether oxygens (including phenoxy) is 1. The van der Waals surface area contributed by atoms with E-state index < -0.39 is 0 Å². The standard InChI is InChI=1S/C31H27Cl2N3O2/c1-18-29(25-14-26(32)17-27(33)15-25)35-36(19(2)20-5-7-21(8-6-20)31(37)34-3)30(18)24-10-9-23-16-28(38-4)12-11-22(23)13-24/h5-17,19H,1-4H3,(H,34,37). The molecule has 7 heteroatoms. The highest BCUT2D eigenvalue weighted by molar-refractivity contribution is 6.35. The van der Waals surface area contributed by atoms with E-state index >= 15 is 0 Å². The second-order valence-electron chi connectivity index (χ2n) is 9.23. The van der Waals surface area contributed by atoms with E-state index in [4.69, 9.17) is 33.0 Å². The normalized spacial score (nSPS) is 11.9. The molecule has 0 aliphatic rings. The Bertz CT molecular complexity index is 1640. The molecule has 1 unspecified atom stereocenters. The molecule has 1 atom stereocenters. The first-order valence-electron chi connectivity index (χ1n) is 12.2. The second-order valence-corrected chi connectivity index (χ2v) is 10.1. The van der Waals surface area contributed by atoms with Gasteiger partial charge in [-0.25, -0.2) is 0 Å². The first-order valence-corrected chi connectivity index (χ1v) is 13.0. The number of fused-ring (bicyclic) bond motifs is 1. The topological polar surface area (TPSA) is 56.2 Å². The van der Waals surface area contributed by atoms with Gasteiger partial charge in [0.05, 0.1) is 24.5 Å². The highest BCUT2D eigenvalue weighted by Gasteiger charge is 2.22. The van der Waals surface area contributed by atoms with Crippen molar-refractivity contribution in [2.24, 2.45) is 0 Å². The van der Waals surface area contributed by atoms with Crippen LogP contribution in [0.4, 0.5) is 0 Å². The van der Waals surface area contributed by atoms with Crippen molar-refractivity contribution in [3.8, 4) is 28.3 Å². The Labute approximate surface area is 232 Å². The number of hydrogen-bond donors (Lipinski definition) is 1. The molecule has 0 radical (unpaired) electrons. The quantitative estimate of drug-likeness (QED) is 0.236. The van der Waals surface area contributed by atoms with Crippen LogP contribution in [0.15, 0.2) is 78.9 Å². The summed E-state index contributed by atoms with van der Waals surface area (Å²) in [7, 11) is 3.30. The minimum Gasteiger partial charge on any atom is -0.497 e. The van der Waals surface area contributed by atoms with E-state index in [-0.39, 0.29) is 11.9 Å². The van der Waals surface area contributed by atoms with Crippen LogP contribution < -0.4 is 10.1 Å². The number of carbonyl (C=O) groups is 1. The minimum atomic E-state index is -0.118. The molecular weight excluding hydrogens is 517 g/mol. The molecule has 1 heterocycles. The fourth-order valence-corrected chi connectivity index (χ4v) is 5.33. The summed E-state index contributed by atoms with van der Waals surface area (Å²) in [4.78, 5) is 12.1. The molecule has 0 spiro atoms. The van der Waals surface area contributed by atoms with E-state index in [1.165, 1.54) is 0 Å². The Balaban J connectivity index is 1.68. The van der Waals surface area contributed by atoms with Crippen LogP contribution in [0, 0.1) is 6.92 Å². The lowest BCUT2D eigenvalue weighted by Gasteiger charge is -2.18. The lowest BCUT2D eigenvalue weighted by Crippen LogP contribution is -2.18. The third-order valence-electron chi connectivity index (χ3n) is 6.85. The fraction of sp³-hybridized carbons (Fsp3) is 0.161. The van der Waals surface area contributed by atoms with E-state index in [0.29, 0.717) is 15.6 Å². The van der Waals surface area contributed by atoms with E-state index in [9.17, 15) is 4.79 Å². The zero-order valence-electron chi connectivity index (χ0n) is 21.5. The Kier molecular flexibility index (Phi) is 7.15. The summed E-state index contributed by atoms with van der Waals surface area (Å²) in [6, 6.07) is 25.4. The molecule has 38 heavy (non-hydrogen) atoms. The molecule has 0 bridgehead atoms. The molecule has 1 N–H and O–H groups in total. The van der Waals surface area contributed by atoms with Crippen LogP contribution in [0.1, 0.15) is 34.5 Å². The van der Waals surface area contributed by atoms with Gasteiger partial charge in [0.2, 0.25) is 0 Å². The number of nitrogens with one attached hydrogen (secondary N) is 1. The van der Waals surface area contributed by atoms with Gasteiger partial charge in [-0.1, -0.05) is 53.5 Å². The first kappa shape index (κ1) is 25.8. The molecule has 4 aromatic carbocycles. The van der Waals surface area contributed by atoms with E-state index in [1.807, 2.05) is 53.2 Å². The Morgan fingerprint density at radius 3 is 2.21 bits per heavy atom. The van der Waals surface area contributed by atoms with Crippen LogP contribution in [0.25, 0.3) is 33.3 Å². The number of benzene rings is 4. The van der Waals surface area contributed by atoms with Crippen LogP contribution in [0.2, 0.25) is 10.0 Å². The number of carbonyl (C=O) groups excluding carboxylic acids is 1. The Morgan fingerprint density at radius 2 is 1.55 bits per heavy atom. The van der Waals surface area contributed by atoms with Gasteiger partial charge in [-0.05, 0) is 78.7 Å². The Hall–Kier alpha value is -3.80. The van der Waals surface area contributed by atoms with Crippen molar-refractivity contribution in [2.45, 2.75) is 19.9 Å². The van der Waals surface area contributed by atoms with Crippen LogP contribution in [-0.4, -0.2) is 29.8 Å². The van der Waals surface area contributed by atoms with Crippen molar-refractivity contribution in [3.05, 3.63) is 106 Å². The van der Waals surface area contributed by atoms with Gasteiger partial charge in [-0.2, -0.15) is 5.10 Å². The minimum absolute atomic E-state index is 0.114. The zero-order chi connectivity index (χ0) is 27.0. The van der Waals surface area contributed by atoms with Gasteiger partial charge in [0.25, 0.3) is 5.91 Å². The van der Waals surface area contributed by atoms with Gasteiger partial charge in [-0.15, -0.1) is 0 Å². The van der Waals surface area contributed by atoms with Crippen LogP contribution in [-0.2, 0) is 0 Å². The third-order valence-corrected chi connectivity index (χ3v) is 7.29. The maximum Gasteiger partial charge on any atom is 0.251 e. The Morgan fingerprint density at radius 1 is 0.895 bits per heavy atom. The lowest BCUT2D eigenvalue weighted by molar-refractivity contribution is 0.0963. The van der Waals surface area contributed by atoms with Crippen LogP contribution in [0.5, 0.6) is 5.75 Å². The predicted molar refractivity (Wildman–Crippen MR) is 156 cm³/mol. The first-order chi connectivity index (χ1) is 18.3. The summed E-state index contributed by atoms with van der Waals surface area (Å²) in [5, 5.41) is 11.1. The van der Waals surface area contributed by atoms with E-state index in [1.54, 1.807) is 20.2 Å². The smallest absolute Gasteiger partial charge is 0.251 e. The highest BCUT2D eigenvalue weighted by atomic mass is 35.5. The largest absolute Gasteiger partial charge is 0.497 e. The molecule has 5 nitrogen and oxygen atoms in total. The molecule has 5 rings (SSSR count). The predicted octanol–water partition coefficient (Wildman–Crippen LogP) is 7.96. The van der Waals surface area contributed by atoms with E-state index in [2.05, 4.69) is 43.4 Å². The van der Waals surface area contributed by atoms with Crippen molar-refractivity contribution < 1.29 is 9.53 Å². The van der Waals surface area contributed by atoms with Crippen molar-refractivity contribution in [1.29, 1.82) is 0 Å². The third kappa shape index (κ3) is 4.87. The summed E-state index contributed by atoms with van der Waals surface area (Å²) in [5.74, 6) is 0.702. The highest BCUT2D eigenvalue weighted by Crippen LogP contribution is 2.38. The van der Waals surface area contributed by atoms with Gasteiger partial charge in [0.1, 0.15) is 5.75 Å². The van der Waals surface area contributed by atoms with Crippen molar-refractivity contribution in [2.75, 3.05) is 14.2 Å². The summed E-state index contributed by atoms with van der Waals surface area (Å²) >= 11 is 12.7. The molecule has 5 aromatic rings. The second kappa shape index (κ2) is 10.5. The molecule has 0 saturated heterocycles. The van der Waals surface area contributed by atoms with Gasteiger partial charge < -0.3 is 10.1 Å². The summed E-state index contributed by atoms with van der Waals surface area (Å²) in [6.07, 6.45) is 0. The van der Waals surface area contributed by atoms with Gasteiger partial charge in [-0.3, -0.25) is 9.48 Å². The van der Waals surface area contributed by atoms with Crippen molar-refractivity contribution in [3.63, 3.8) is 0 Å². The number of halogens is 2. The summed E-state index contributed by atoms with van der Waals surface area (Å²) in [6.45, 7) is 4.17. The number of methoxy groups -OCH3 is 1. The monoisotopic (exact) mass is 543 g/mol. The molecule has 0 fully saturated rings. The molecule has 0 aliphatic carbocycles. The molecular formula is C31H27Cl2N3O2. The molecule has 1 amide bonds. The average molecular weight is 544 g/mol.